The third-order valence-electron chi connectivity index (χ3n) is 4.65. The summed E-state index contributed by atoms with van der Waals surface area (Å²) >= 11 is 11.7. The van der Waals surface area contributed by atoms with E-state index in [2.05, 4.69) is 10.3 Å². The summed E-state index contributed by atoms with van der Waals surface area (Å²) in [5.74, 6) is -0.763. The lowest BCUT2D eigenvalue weighted by Gasteiger charge is -2.26. The summed E-state index contributed by atoms with van der Waals surface area (Å²) in [7, 11) is 0. The lowest BCUT2D eigenvalue weighted by Crippen LogP contribution is -2.42. The minimum atomic E-state index is -0.398. The molecular weight excluding hydrogens is 446 g/mol. The number of hydrogen-bond acceptors (Lipinski definition) is 5. The zero-order valence-electron chi connectivity index (χ0n) is 17.7. The van der Waals surface area contributed by atoms with E-state index in [1.165, 1.54) is 0 Å². The van der Waals surface area contributed by atoms with Gasteiger partial charge >= 0.3 is 5.97 Å². The highest BCUT2D eigenvalue weighted by Gasteiger charge is 2.18. The summed E-state index contributed by atoms with van der Waals surface area (Å²) in [6, 6.07) is 15.6. The molecule has 1 N–H and O–H groups in total. The first kappa shape index (κ1) is 23.4. The van der Waals surface area contributed by atoms with E-state index in [1.54, 1.807) is 66.7 Å². The van der Waals surface area contributed by atoms with Crippen LogP contribution in [0.3, 0.4) is 0 Å². The third kappa shape index (κ3) is 5.90. The number of ether oxygens (including phenoxy) is 1. The molecule has 0 atom stereocenters. The average Bonchev–Trinajstić information content (AvgIpc) is 2.80. The number of nitrogens with zero attached hydrogens (tertiary/aromatic N) is 2. The van der Waals surface area contributed by atoms with Gasteiger partial charge in [-0.2, -0.15) is 0 Å². The number of carbonyl (C=O) groups excluding carboxylic acids is 2. The lowest BCUT2D eigenvalue weighted by molar-refractivity contribution is 0.0526. The van der Waals surface area contributed by atoms with E-state index in [1.807, 2.05) is 19.1 Å². The van der Waals surface area contributed by atoms with Gasteiger partial charge in [0, 0.05) is 28.7 Å². The topological polar surface area (TPSA) is 71.5 Å². The number of carbonyl (C=O) groups is 2. The number of anilines is 1. The molecular formula is C24H22ClN3O3S. The van der Waals surface area contributed by atoms with Crippen molar-refractivity contribution < 1.29 is 14.3 Å². The van der Waals surface area contributed by atoms with Crippen molar-refractivity contribution in [1.29, 1.82) is 0 Å². The van der Waals surface area contributed by atoms with Crippen molar-refractivity contribution in [3.63, 3.8) is 0 Å². The largest absolute Gasteiger partial charge is 0.462 e. The molecule has 0 saturated heterocycles. The van der Waals surface area contributed by atoms with E-state index in [-0.39, 0.29) is 11.0 Å². The number of benzene rings is 2. The second-order valence-corrected chi connectivity index (χ2v) is 7.73. The molecule has 164 valence electrons. The van der Waals surface area contributed by atoms with Crippen molar-refractivity contribution in [2.75, 3.05) is 11.5 Å². The molecule has 6 nitrogen and oxygen atoms in total. The Morgan fingerprint density at radius 2 is 1.84 bits per heavy atom. The maximum Gasteiger partial charge on any atom is 0.338 e. The number of rotatable bonds is 6. The van der Waals surface area contributed by atoms with Gasteiger partial charge in [-0.05, 0) is 79.7 Å². The number of thiocarbonyl (C=S) groups is 1. The summed E-state index contributed by atoms with van der Waals surface area (Å²) in [4.78, 5) is 30.6. The fraction of sp³-hybridized carbons (Fsp3) is 0.167. The second-order valence-electron chi connectivity index (χ2n) is 6.94. The number of nitrogens with one attached hydrogen (secondary N) is 1. The SMILES string of the molecule is CCOC(=O)c1ccc(N(Cc2cccnc2)C(=S)NC(=O)c2ccc(C)c(Cl)c2)cc1. The number of halogens is 1. The molecule has 2 aromatic carbocycles. The predicted octanol–water partition coefficient (Wildman–Crippen LogP) is 4.94. The molecule has 8 heteroatoms. The van der Waals surface area contributed by atoms with Crippen LogP contribution >= 0.6 is 23.8 Å². The molecule has 1 amide bonds. The highest BCUT2D eigenvalue weighted by atomic mass is 35.5. The van der Waals surface area contributed by atoms with Gasteiger partial charge in [0.15, 0.2) is 5.11 Å². The first-order valence-electron chi connectivity index (χ1n) is 9.94. The summed E-state index contributed by atoms with van der Waals surface area (Å²) in [6.07, 6.45) is 3.41. The van der Waals surface area contributed by atoms with Crippen LogP contribution in [0.25, 0.3) is 0 Å². The Morgan fingerprint density at radius 1 is 1.12 bits per heavy atom. The average molecular weight is 468 g/mol. The molecule has 0 radical (unpaired) electrons. The smallest absolute Gasteiger partial charge is 0.338 e. The van der Waals surface area contributed by atoms with Crippen LogP contribution in [0.1, 0.15) is 38.8 Å². The van der Waals surface area contributed by atoms with Gasteiger partial charge in [0.25, 0.3) is 5.91 Å². The molecule has 0 aliphatic rings. The van der Waals surface area contributed by atoms with E-state index in [0.29, 0.717) is 35.0 Å². The molecule has 0 aliphatic heterocycles. The van der Waals surface area contributed by atoms with E-state index < -0.39 is 5.97 Å². The van der Waals surface area contributed by atoms with Gasteiger partial charge in [-0.3, -0.25) is 15.1 Å². The Bertz CT molecular complexity index is 1120. The minimum absolute atomic E-state index is 0.208. The number of amides is 1. The Morgan fingerprint density at radius 3 is 2.47 bits per heavy atom. The van der Waals surface area contributed by atoms with Crippen molar-refractivity contribution in [2.45, 2.75) is 20.4 Å². The number of hydrogen-bond donors (Lipinski definition) is 1. The molecule has 3 aromatic rings. The Hall–Kier alpha value is -3.29. The molecule has 3 rings (SSSR count). The van der Waals surface area contributed by atoms with Crippen LogP contribution in [-0.4, -0.2) is 28.6 Å². The summed E-state index contributed by atoms with van der Waals surface area (Å²) in [5.41, 5.74) is 3.32. The van der Waals surface area contributed by atoms with Crippen LogP contribution in [0.15, 0.2) is 67.0 Å². The monoisotopic (exact) mass is 467 g/mol. The molecule has 32 heavy (non-hydrogen) atoms. The van der Waals surface area contributed by atoms with E-state index >= 15 is 0 Å². The molecule has 1 aromatic heterocycles. The fourth-order valence-corrected chi connectivity index (χ4v) is 3.36. The molecule has 1 heterocycles. The first-order valence-corrected chi connectivity index (χ1v) is 10.7. The normalized spacial score (nSPS) is 10.3. The summed E-state index contributed by atoms with van der Waals surface area (Å²) in [5, 5.41) is 3.48. The molecule has 0 saturated carbocycles. The number of aryl methyl sites for hydroxylation is 1. The van der Waals surface area contributed by atoms with Crippen LogP contribution in [-0.2, 0) is 11.3 Å². The maximum atomic E-state index is 12.8. The fourth-order valence-electron chi connectivity index (χ4n) is 2.92. The number of esters is 1. The van der Waals surface area contributed by atoms with Gasteiger partial charge in [0.05, 0.1) is 18.7 Å². The summed E-state index contributed by atoms with van der Waals surface area (Å²) in [6.45, 7) is 4.29. The van der Waals surface area contributed by atoms with Crippen LogP contribution in [0, 0.1) is 6.92 Å². The molecule has 0 bridgehead atoms. The van der Waals surface area contributed by atoms with Gasteiger partial charge < -0.3 is 9.64 Å². The van der Waals surface area contributed by atoms with E-state index in [0.717, 1.165) is 11.1 Å². The second kappa shape index (κ2) is 10.8. The van der Waals surface area contributed by atoms with Crippen molar-refractivity contribution in [3.05, 3.63) is 94.3 Å². The molecule has 0 aliphatic carbocycles. The van der Waals surface area contributed by atoms with Gasteiger partial charge in [0.1, 0.15) is 0 Å². The van der Waals surface area contributed by atoms with E-state index in [9.17, 15) is 9.59 Å². The van der Waals surface area contributed by atoms with Crippen LogP contribution in [0.5, 0.6) is 0 Å². The quantitative estimate of drug-likeness (QED) is 0.409. The zero-order chi connectivity index (χ0) is 23.1. The summed E-state index contributed by atoms with van der Waals surface area (Å²) < 4.78 is 5.04. The van der Waals surface area contributed by atoms with Crippen molar-refractivity contribution in [2.24, 2.45) is 0 Å². The highest BCUT2D eigenvalue weighted by Crippen LogP contribution is 2.20. The van der Waals surface area contributed by atoms with Crippen LogP contribution < -0.4 is 10.2 Å². The predicted molar refractivity (Wildman–Crippen MR) is 129 cm³/mol. The number of pyridine rings is 1. The van der Waals surface area contributed by atoms with Gasteiger partial charge in [-0.25, -0.2) is 4.79 Å². The Balaban J connectivity index is 1.85. The van der Waals surface area contributed by atoms with Gasteiger partial charge in [-0.1, -0.05) is 23.7 Å². The number of aromatic nitrogens is 1. The molecule has 0 fully saturated rings. The Kier molecular flexibility index (Phi) is 7.92. The van der Waals surface area contributed by atoms with Crippen molar-refractivity contribution in [3.8, 4) is 0 Å². The van der Waals surface area contributed by atoms with Crippen molar-refractivity contribution in [1.82, 2.24) is 10.3 Å². The highest BCUT2D eigenvalue weighted by molar-refractivity contribution is 7.80. The Labute approximate surface area is 197 Å². The van der Waals surface area contributed by atoms with Crippen LogP contribution in [0.2, 0.25) is 5.02 Å². The maximum absolute atomic E-state index is 12.8. The molecule has 0 spiro atoms. The first-order chi connectivity index (χ1) is 15.4. The van der Waals surface area contributed by atoms with Gasteiger partial charge in [-0.15, -0.1) is 0 Å². The van der Waals surface area contributed by atoms with Gasteiger partial charge in [0.2, 0.25) is 0 Å². The molecule has 0 unspecified atom stereocenters. The third-order valence-corrected chi connectivity index (χ3v) is 5.38. The minimum Gasteiger partial charge on any atom is -0.462 e. The van der Waals surface area contributed by atoms with Crippen LogP contribution in [0.4, 0.5) is 5.69 Å². The lowest BCUT2D eigenvalue weighted by atomic mass is 10.1. The standard InChI is InChI=1S/C24H22ClN3O3S/c1-3-31-23(30)18-8-10-20(11-9-18)28(15-17-5-4-12-26-14-17)24(32)27-22(29)19-7-6-16(2)21(25)13-19/h4-14H,3,15H2,1-2H3,(H,27,29,32). The van der Waals surface area contributed by atoms with Crippen molar-refractivity contribution >= 4 is 46.5 Å². The van der Waals surface area contributed by atoms with E-state index in [4.69, 9.17) is 28.6 Å². The zero-order valence-corrected chi connectivity index (χ0v) is 19.2.